The van der Waals surface area contributed by atoms with Crippen LogP contribution in [-0.4, -0.2) is 48.6 Å². The van der Waals surface area contributed by atoms with Crippen LogP contribution in [0.2, 0.25) is 0 Å². The number of rotatable bonds is 8. The highest BCUT2D eigenvalue weighted by Gasteiger charge is 2.29. The van der Waals surface area contributed by atoms with Crippen LogP contribution in [0.25, 0.3) is 0 Å². The maximum Gasteiger partial charge on any atom is 0.359 e. The molecule has 0 saturated heterocycles. The number of nitrogens with zero attached hydrogens (tertiary/aromatic N) is 6. The highest BCUT2D eigenvalue weighted by atomic mass is 32.2. The standard InChI is InChI=1S/C21H28N6O3S/c1-5-29-20(28)19-16-12-26(9-8-17(16)27(24-19)10-14(2)3)11-15-6-7-18(30-15)31-21-23-22-13-25(21)4/h6-7,13-14H,5,8-12H2,1-4H3. The molecule has 0 aromatic carbocycles. The average Bonchev–Trinajstić information content (AvgIpc) is 3.42. The Hall–Kier alpha value is -2.59. The highest BCUT2D eigenvalue weighted by molar-refractivity contribution is 7.99. The second kappa shape index (κ2) is 9.27. The van der Waals surface area contributed by atoms with Crippen LogP contribution in [0.5, 0.6) is 0 Å². The fourth-order valence-electron chi connectivity index (χ4n) is 3.72. The van der Waals surface area contributed by atoms with E-state index in [-0.39, 0.29) is 5.97 Å². The van der Waals surface area contributed by atoms with E-state index in [4.69, 9.17) is 9.15 Å². The van der Waals surface area contributed by atoms with E-state index in [0.717, 1.165) is 46.8 Å². The quantitative estimate of drug-likeness (QED) is 0.490. The van der Waals surface area contributed by atoms with Crippen LogP contribution < -0.4 is 0 Å². The first-order valence-electron chi connectivity index (χ1n) is 10.5. The Bertz CT molecular complexity index is 1050. The van der Waals surface area contributed by atoms with Crippen molar-refractivity contribution in [2.24, 2.45) is 13.0 Å². The fourth-order valence-corrected chi connectivity index (χ4v) is 4.46. The number of hydrogen-bond donors (Lipinski definition) is 0. The van der Waals surface area contributed by atoms with Crippen LogP contribution in [0.3, 0.4) is 0 Å². The van der Waals surface area contributed by atoms with Gasteiger partial charge >= 0.3 is 5.97 Å². The molecule has 0 atom stereocenters. The lowest BCUT2D eigenvalue weighted by Crippen LogP contribution is -2.31. The summed E-state index contributed by atoms with van der Waals surface area (Å²) >= 11 is 1.44. The number of carbonyl (C=O) groups excluding carboxylic acids is 1. The first-order valence-corrected chi connectivity index (χ1v) is 11.3. The van der Waals surface area contributed by atoms with Gasteiger partial charge in [-0.2, -0.15) is 5.10 Å². The Balaban J connectivity index is 1.49. The van der Waals surface area contributed by atoms with Gasteiger partial charge in [0.25, 0.3) is 0 Å². The summed E-state index contributed by atoms with van der Waals surface area (Å²) in [6, 6.07) is 3.94. The molecule has 4 rings (SSSR count). The zero-order chi connectivity index (χ0) is 22.0. The van der Waals surface area contributed by atoms with Crippen LogP contribution in [0.15, 0.2) is 33.1 Å². The van der Waals surface area contributed by atoms with Crippen molar-refractivity contribution in [1.82, 2.24) is 29.4 Å². The molecule has 9 nitrogen and oxygen atoms in total. The summed E-state index contributed by atoms with van der Waals surface area (Å²) in [6.45, 7) is 9.45. The zero-order valence-electron chi connectivity index (χ0n) is 18.4. The largest absolute Gasteiger partial charge is 0.461 e. The minimum atomic E-state index is -0.344. The van der Waals surface area contributed by atoms with Gasteiger partial charge in [-0.25, -0.2) is 4.79 Å². The summed E-state index contributed by atoms with van der Waals surface area (Å²) in [5.74, 6) is 0.980. The fraction of sp³-hybridized carbons (Fsp3) is 0.524. The Labute approximate surface area is 185 Å². The van der Waals surface area contributed by atoms with E-state index in [0.29, 0.717) is 31.3 Å². The maximum atomic E-state index is 12.5. The summed E-state index contributed by atoms with van der Waals surface area (Å²) in [5.41, 5.74) is 2.57. The van der Waals surface area contributed by atoms with Gasteiger partial charge in [-0.05, 0) is 36.7 Å². The molecule has 10 heteroatoms. The van der Waals surface area contributed by atoms with Crippen molar-refractivity contribution in [3.8, 4) is 0 Å². The smallest absolute Gasteiger partial charge is 0.359 e. The van der Waals surface area contributed by atoms with Gasteiger partial charge in [0.2, 0.25) is 0 Å². The summed E-state index contributed by atoms with van der Waals surface area (Å²) in [5, 5.41) is 14.1. The number of fused-ring (bicyclic) bond motifs is 1. The number of esters is 1. The van der Waals surface area contributed by atoms with E-state index >= 15 is 0 Å². The molecule has 0 bridgehead atoms. The molecule has 0 spiro atoms. The van der Waals surface area contributed by atoms with Crippen molar-refractivity contribution in [2.75, 3.05) is 13.2 Å². The van der Waals surface area contributed by atoms with E-state index in [1.807, 2.05) is 35.4 Å². The number of aromatic nitrogens is 5. The predicted molar refractivity (Wildman–Crippen MR) is 115 cm³/mol. The van der Waals surface area contributed by atoms with Crippen LogP contribution in [0, 0.1) is 5.92 Å². The molecule has 0 N–H and O–H groups in total. The molecule has 0 fully saturated rings. The van der Waals surface area contributed by atoms with E-state index < -0.39 is 0 Å². The summed E-state index contributed by atoms with van der Waals surface area (Å²) < 4.78 is 15.1. The Morgan fingerprint density at radius 2 is 2.19 bits per heavy atom. The van der Waals surface area contributed by atoms with Crippen molar-refractivity contribution in [1.29, 1.82) is 0 Å². The van der Waals surface area contributed by atoms with Crippen LogP contribution in [-0.2, 0) is 37.8 Å². The molecule has 1 aliphatic rings. The Morgan fingerprint density at radius 1 is 1.35 bits per heavy atom. The number of carbonyl (C=O) groups is 1. The zero-order valence-corrected chi connectivity index (χ0v) is 19.2. The minimum absolute atomic E-state index is 0.340. The maximum absolute atomic E-state index is 12.5. The van der Waals surface area contributed by atoms with Crippen molar-refractivity contribution < 1.29 is 13.9 Å². The van der Waals surface area contributed by atoms with E-state index in [1.165, 1.54) is 11.8 Å². The first kappa shape index (κ1) is 21.6. The topological polar surface area (TPSA) is 91.2 Å². The summed E-state index contributed by atoms with van der Waals surface area (Å²) in [7, 11) is 1.90. The van der Waals surface area contributed by atoms with Gasteiger partial charge in [0.1, 0.15) is 12.1 Å². The van der Waals surface area contributed by atoms with Gasteiger partial charge in [-0.3, -0.25) is 9.58 Å². The third-order valence-electron chi connectivity index (χ3n) is 5.10. The number of hydrogen-bond acceptors (Lipinski definition) is 8. The Morgan fingerprint density at radius 3 is 2.90 bits per heavy atom. The molecule has 0 radical (unpaired) electrons. The van der Waals surface area contributed by atoms with E-state index in [9.17, 15) is 4.79 Å². The third kappa shape index (κ3) is 4.85. The SMILES string of the molecule is CCOC(=O)c1nn(CC(C)C)c2c1CN(Cc1ccc(Sc3nncn3C)o1)CC2. The summed E-state index contributed by atoms with van der Waals surface area (Å²) in [4.78, 5) is 14.8. The van der Waals surface area contributed by atoms with E-state index in [1.54, 1.807) is 6.33 Å². The van der Waals surface area contributed by atoms with Crippen LogP contribution >= 0.6 is 11.8 Å². The number of furan rings is 1. The Kier molecular flexibility index (Phi) is 6.47. The van der Waals surface area contributed by atoms with Gasteiger partial charge in [0.05, 0.1) is 13.2 Å². The average molecular weight is 445 g/mol. The molecule has 0 amide bonds. The number of aryl methyl sites for hydroxylation is 1. The molecule has 0 saturated carbocycles. The monoisotopic (exact) mass is 444 g/mol. The lowest BCUT2D eigenvalue weighted by Gasteiger charge is -2.27. The van der Waals surface area contributed by atoms with Crippen molar-refractivity contribution >= 4 is 17.7 Å². The van der Waals surface area contributed by atoms with Crippen molar-refractivity contribution in [2.45, 2.75) is 57.1 Å². The highest BCUT2D eigenvalue weighted by Crippen LogP contribution is 2.29. The lowest BCUT2D eigenvalue weighted by molar-refractivity contribution is 0.0515. The summed E-state index contributed by atoms with van der Waals surface area (Å²) in [6.07, 6.45) is 2.51. The van der Waals surface area contributed by atoms with Gasteiger partial charge in [0.15, 0.2) is 15.9 Å². The number of ether oxygens (including phenoxy) is 1. The normalized spacial score (nSPS) is 14.2. The van der Waals surface area contributed by atoms with Crippen molar-refractivity contribution in [3.63, 3.8) is 0 Å². The molecular weight excluding hydrogens is 416 g/mol. The molecule has 0 aliphatic carbocycles. The molecule has 1 aliphatic heterocycles. The molecule has 4 heterocycles. The molecule has 31 heavy (non-hydrogen) atoms. The van der Waals surface area contributed by atoms with Crippen molar-refractivity contribution in [3.05, 3.63) is 41.2 Å². The first-order chi connectivity index (χ1) is 14.9. The van der Waals surface area contributed by atoms with Gasteiger partial charge in [0, 0.05) is 44.4 Å². The lowest BCUT2D eigenvalue weighted by atomic mass is 10.0. The van der Waals surface area contributed by atoms with Gasteiger partial charge < -0.3 is 13.7 Å². The molecular formula is C21H28N6O3S. The molecule has 3 aromatic rings. The molecule has 3 aromatic heterocycles. The van der Waals surface area contributed by atoms with Gasteiger partial charge in [-0.15, -0.1) is 10.2 Å². The molecule has 166 valence electrons. The molecule has 0 unspecified atom stereocenters. The van der Waals surface area contributed by atoms with Crippen LogP contribution in [0.4, 0.5) is 0 Å². The van der Waals surface area contributed by atoms with E-state index in [2.05, 4.69) is 34.0 Å². The minimum Gasteiger partial charge on any atom is -0.461 e. The third-order valence-corrected chi connectivity index (χ3v) is 6.07. The second-order valence-electron chi connectivity index (χ2n) is 8.08. The predicted octanol–water partition coefficient (Wildman–Crippen LogP) is 3.15. The second-order valence-corrected chi connectivity index (χ2v) is 9.05. The van der Waals surface area contributed by atoms with Gasteiger partial charge in [-0.1, -0.05) is 13.8 Å². The van der Waals surface area contributed by atoms with Crippen LogP contribution in [0.1, 0.15) is 48.3 Å².